The van der Waals surface area contributed by atoms with Crippen molar-refractivity contribution in [3.63, 3.8) is 0 Å². The first-order valence-electron chi connectivity index (χ1n) is 9.68. The Hall–Kier alpha value is -2.57. The summed E-state index contributed by atoms with van der Waals surface area (Å²) in [5, 5.41) is 7.15. The van der Waals surface area contributed by atoms with E-state index in [-0.39, 0.29) is 11.8 Å². The van der Waals surface area contributed by atoms with Gasteiger partial charge in [-0.25, -0.2) is 8.78 Å². The van der Waals surface area contributed by atoms with Crippen LogP contribution in [0.15, 0.2) is 59.3 Å². The van der Waals surface area contributed by atoms with Crippen molar-refractivity contribution < 1.29 is 13.6 Å². The quantitative estimate of drug-likeness (QED) is 0.596. The van der Waals surface area contributed by atoms with Crippen molar-refractivity contribution in [2.24, 2.45) is 5.92 Å². The Morgan fingerprint density at radius 1 is 1.07 bits per heavy atom. The molecule has 1 unspecified atom stereocenters. The average molecular weight is 413 g/mol. The van der Waals surface area contributed by atoms with Crippen molar-refractivity contribution >= 4 is 22.9 Å². The van der Waals surface area contributed by atoms with Crippen molar-refractivity contribution in [3.05, 3.63) is 76.5 Å². The maximum absolute atomic E-state index is 13.4. The molecular formula is C23H22F2N2OS. The minimum absolute atomic E-state index is 0.00303. The zero-order valence-corrected chi connectivity index (χ0v) is 16.7. The van der Waals surface area contributed by atoms with E-state index in [0.717, 1.165) is 36.7 Å². The molecule has 1 N–H and O–H groups in total. The van der Waals surface area contributed by atoms with E-state index in [1.807, 2.05) is 29.6 Å². The van der Waals surface area contributed by atoms with Gasteiger partial charge in [0.1, 0.15) is 0 Å². The lowest BCUT2D eigenvalue weighted by Gasteiger charge is -2.32. The first kappa shape index (κ1) is 19.7. The second-order valence-corrected chi connectivity index (χ2v) is 8.18. The van der Waals surface area contributed by atoms with Gasteiger partial charge in [0.25, 0.3) is 0 Å². The molecule has 150 valence electrons. The zero-order chi connectivity index (χ0) is 20.2. The van der Waals surface area contributed by atoms with Gasteiger partial charge in [0, 0.05) is 18.8 Å². The number of nitrogens with zero attached hydrogens (tertiary/aromatic N) is 1. The summed E-state index contributed by atoms with van der Waals surface area (Å²) in [7, 11) is 0. The number of thiophene rings is 1. The minimum atomic E-state index is -0.838. The summed E-state index contributed by atoms with van der Waals surface area (Å²) in [6.07, 6.45) is 1.73. The first-order valence-corrected chi connectivity index (χ1v) is 10.6. The average Bonchev–Trinajstić information content (AvgIpc) is 3.26. The topological polar surface area (TPSA) is 32.3 Å². The van der Waals surface area contributed by atoms with Crippen molar-refractivity contribution in [3.8, 4) is 11.1 Å². The lowest BCUT2D eigenvalue weighted by atomic mass is 9.96. The van der Waals surface area contributed by atoms with Crippen LogP contribution >= 0.6 is 11.3 Å². The van der Waals surface area contributed by atoms with E-state index < -0.39 is 11.6 Å². The lowest BCUT2D eigenvalue weighted by molar-refractivity contribution is -0.121. The van der Waals surface area contributed by atoms with Crippen LogP contribution in [-0.2, 0) is 11.3 Å². The van der Waals surface area contributed by atoms with Gasteiger partial charge in [0.15, 0.2) is 11.6 Å². The van der Waals surface area contributed by atoms with Gasteiger partial charge < -0.3 is 5.32 Å². The predicted molar refractivity (Wildman–Crippen MR) is 113 cm³/mol. The molecule has 0 aliphatic carbocycles. The third-order valence-electron chi connectivity index (χ3n) is 5.27. The molecule has 0 saturated carbocycles. The van der Waals surface area contributed by atoms with E-state index in [9.17, 15) is 13.6 Å². The largest absolute Gasteiger partial charge is 0.326 e. The highest BCUT2D eigenvalue weighted by Crippen LogP contribution is 2.25. The molecule has 1 atom stereocenters. The molecule has 3 nitrogen and oxygen atoms in total. The highest BCUT2D eigenvalue weighted by Gasteiger charge is 2.26. The SMILES string of the molecule is O=C(Nc1ccc(-c2ccsc2)cc1)C1CCCN(Cc2ccc(F)c(F)c2)C1. The number of benzene rings is 2. The van der Waals surface area contributed by atoms with Gasteiger partial charge in [-0.2, -0.15) is 11.3 Å². The molecule has 0 bridgehead atoms. The van der Waals surface area contributed by atoms with Gasteiger partial charge in [0.2, 0.25) is 5.91 Å². The third-order valence-corrected chi connectivity index (χ3v) is 5.96. The Bertz CT molecular complexity index is 973. The predicted octanol–water partition coefficient (Wildman–Crippen LogP) is 5.54. The summed E-state index contributed by atoms with van der Waals surface area (Å²) in [5.74, 6) is -1.79. The van der Waals surface area contributed by atoms with Crippen molar-refractivity contribution in [1.29, 1.82) is 0 Å². The first-order chi connectivity index (χ1) is 14.1. The van der Waals surface area contributed by atoms with Gasteiger partial charge in [-0.05, 0) is 77.2 Å². The maximum atomic E-state index is 13.4. The molecule has 1 saturated heterocycles. The van der Waals surface area contributed by atoms with Crippen LogP contribution < -0.4 is 5.32 Å². The fourth-order valence-electron chi connectivity index (χ4n) is 3.73. The molecule has 0 radical (unpaired) electrons. The number of halogens is 2. The number of likely N-dealkylation sites (tertiary alicyclic amines) is 1. The summed E-state index contributed by atoms with van der Waals surface area (Å²) < 4.78 is 26.6. The molecule has 1 fully saturated rings. The molecule has 29 heavy (non-hydrogen) atoms. The molecule has 2 heterocycles. The van der Waals surface area contributed by atoms with E-state index in [0.29, 0.717) is 18.7 Å². The number of anilines is 1. The molecule has 1 amide bonds. The molecule has 0 spiro atoms. The second-order valence-electron chi connectivity index (χ2n) is 7.40. The van der Waals surface area contributed by atoms with E-state index >= 15 is 0 Å². The van der Waals surface area contributed by atoms with Crippen molar-refractivity contribution in [1.82, 2.24) is 4.90 Å². The Morgan fingerprint density at radius 3 is 2.62 bits per heavy atom. The van der Waals surface area contributed by atoms with E-state index in [1.54, 1.807) is 17.4 Å². The van der Waals surface area contributed by atoms with Gasteiger partial charge in [-0.3, -0.25) is 9.69 Å². The van der Waals surface area contributed by atoms with Crippen LogP contribution in [0, 0.1) is 17.6 Å². The number of nitrogens with one attached hydrogen (secondary N) is 1. The van der Waals surface area contributed by atoms with Gasteiger partial charge in [-0.15, -0.1) is 0 Å². The molecule has 2 aromatic carbocycles. The normalized spacial score (nSPS) is 17.2. The fraction of sp³-hybridized carbons (Fsp3) is 0.261. The number of carbonyl (C=O) groups is 1. The monoisotopic (exact) mass is 412 g/mol. The van der Waals surface area contributed by atoms with Crippen LogP contribution in [0.2, 0.25) is 0 Å². The van der Waals surface area contributed by atoms with E-state index in [1.165, 1.54) is 11.6 Å². The highest BCUT2D eigenvalue weighted by molar-refractivity contribution is 7.08. The summed E-state index contributed by atoms with van der Waals surface area (Å²) in [5.41, 5.74) is 3.80. The van der Waals surface area contributed by atoms with Crippen LogP contribution in [0.5, 0.6) is 0 Å². The zero-order valence-electron chi connectivity index (χ0n) is 15.9. The Balaban J connectivity index is 1.35. The molecule has 4 rings (SSSR count). The number of hydrogen-bond acceptors (Lipinski definition) is 3. The van der Waals surface area contributed by atoms with Crippen LogP contribution in [0.25, 0.3) is 11.1 Å². The van der Waals surface area contributed by atoms with Crippen molar-refractivity contribution in [2.45, 2.75) is 19.4 Å². The summed E-state index contributed by atoms with van der Waals surface area (Å²) in [6, 6.07) is 13.9. The smallest absolute Gasteiger partial charge is 0.228 e. The highest BCUT2D eigenvalue weighted by atomic mass is 32.1. The van der Waals surface area contributed by atoms with E-state index in [2.05, 4.69) is 21.7 Å². The summed E-state index contributed by atoms with van der Waals surface area (Å²) in [6.45, 7) is 1.96. The Labute approximate surface area is 173 Å². The van der Waals surface area contributed by atoms with Crippen molar-refractivity contribution in [2.75, 3.05) is 18.4 Å². The number of carbonyl (C=O) groups excluding carboxylic acids is 1. The van der Waals surface area contributed by atoms with Crippen LogP contribution in [-0.4, -0.2) is 23.9 Å². The summed E-state index contributed by atoms with van der Waals surface area (Å²) in [4.78, 5) is 14.9. The molecular weight excluding hydrogens is 390 g/mol. The fourth-order valence-corrected chi connectivity index (χ4v) is 4.39. The van der Waals surface area contributed by atoms with Gasteiger partial charge in [-0.1, -0.05) is 18.2 Å². The molecule has 1 aliphatic rings. The maximum Gasteiger partial charge on any atom is 0.228 e. The number of hydrogen-bond donors (Lipinski definition) is 1. The van der Waals surface area contributed by atoms with Gasteiger partial charge >= 0.3 is 0 Å². The van der Waals surface area contributed by atoms with Crippen LogP contribution in [0.4, 0.5) is 14.5 Å². The standard InChI is InChI=1S/C23H22F2N2OS/c24-21-8-3-16(12-22(21)25)13-27-10-1-2-18(14-27)23(28)26-20-6-4-17(5-7-20)19-9-11-29-15-19/h3-9,11-12,15,18H,1-2,10,13-14H2,(H,26,28). The molecule has 1 aromatic heterocycles. The number of piperidine rings is 1. The lowest BCUT2D eigenvalue weighted by Crippen LogP contribution is -2.40. The second kappa shape index (κ2) is 8.84. The van der Waals surface area contributed by atoms with E-state index in [4.69, 9.17) is 0 Å². The van der Waals surface area contributed by atoms with Crippen LogP contribution in [0.1, 0.15) is 18.4 Å². The van der Waals surface area contributed by atoms with Crippen LogP contribution in [0.3, 0.4) is 0 Å². The Morgan fingerprint density at radius 2 is 1.90 bits per heavy atom. The summed E-state index contributed by atoms with van der Waals surface area (Å²) >= 11 is 1.66. The molecule has 1 aliphatic heterocycles. The number of amides is 1. The molecule has 6 heteroatoms. The number of rotatable bonds is 5. The minimum Gasteiger partial charge on any atom is -0.326 e. The van der Waals surface area contributed by atoms with Gasteiger partial charge in [0.05, 0.1) is 5.92 Å². The third kappa shape index (κ3) is 4.89. The Kier molecular flexibility index (Phi) is 6.02. The molecule has 3 aromatic rings.